The first-order valence-electron chi connectivity index (χ1n) is 0.200. The standard InChI is InChI=1S/H2O2.2H2O/c1-2;;/h1-2H;2*1H2. The van der Waals surface area contributed by atoms with E-state index >= 15 is 0 Å². The van der Waals surface area contributed by atoms with Gasteiger partial charge < -0.3 is 11.0 Å². The monoisotopic (exact) mass is 70.0 g/mol. The minimum Gasteiger partial charge on any atom is -0.412 e. The van der Waals surface area contributed by atoms with Crippen LogP contribution in [0.25, 0.3) is 0 Å². The molecule has 0 saturated heterocycles. The molecule has 4 nitrogen and oxygen atoms in total. The van der Waals surface area contributed by atoms with Crippen LogP contribution < -0.4 is 0 Å². The summed E-state index contributed by atoms with van der Waals surface area (Å²) in [6, 6.07) is 0. The van der Waals surface area contributed by atoms with Gasteiger partial charge in [-0.3, -0.25) is 10.5 Å². The highest BCUT2D eigenvalue weighted by molar-refractivity contribution is 1.82. The summed E-state index contributed by atoms with van der Waals surface area (Å²) in [5, 5.41) is 12.0. The molecule has 0 bridgehead atoms. The third-order valence-corrected chi connectivity index (χ3v) is 0. The zero-order valence-electron chi connectivity index (χ0n) is 1.89. The van der Waals surface area contributed by atoms with Crippen molar-refractivity contribution in [3.05, 3.63) is 0 Å². The van der Waals surface area contributed by atoms with Crippen molar-refractivity contribution < 1.29 is 21.5 Å². The quantitative estimate of drug-likeness (QED) is 0.264. The van der Waals surface area contributed by atoms with Crippen molar-refractivity contribution in [1.82, 2.24) is 0 Å². The third kappa shape index (κ3) is 50.7. The molecule has 0 aliphatic carbocycles. The molecule has 0 heterocycles. The highest BCUT2D eigenvalue weighted by Gasteiger charge is 0.745. The lowest BCUT2D eigenvalue weighted by Gasteiger charge is -1.25. The molecule has 0 aliphatic rings. The minimum absolute atomic E-state index is 0. The van der Waals surface area contributed by atoms with Gasteiger partial charge in [-0.25, -0.2) is 0 Å². The molecule has 0 rings (SSSR count). The van der Waals surface area contributed by atoms with E-state index in [-0.39, 0.29) is 11.0 Å². The number of hydrogen-bond acceptors (Lipinski definition) is 2. The molecule has 0 amide bonds. The van der Waals surface area contributed by atoms with Crippen molar-refractivity contribution in [2.45, 2.75) is 0 Å². The lowest BCUT2D eigenvalue weighted by molar-refractivity contribution is -0.176. The van der Waals surface area contributed by atoms with Crippen molar-refractivity contribution in [2.75, 3.05) is 0 Å². The Kier molecular flexibility index (Phi) is 4120. The first-order valence-corrected chi connectivity index (χ1v) is 0.200. The molecule has 4 heteroatoms. The van der Waals surface area contributed by atoms with E-state index in [1.165, 1.54) is 0 Å². The molecule has 0 radical (unpaired) electrons. The maximum atomic E-state index is 6.00. The van der Waals surface area contributed by atoms with Crippen LogP contribution in [0.2, 0.25) is 0 Å². The van der Waals surface area contributed by atoms with Gasteiger partial charge in [0.05, 0.1) is 0 Å². The van der Waals surface area contributed by atoms with Crippen LogP contribution in [0.3, 0.4) is 0 Å². The van der Waals surface area contributed by atoms with E-state index in [0.717, 1.165) is 0 Å². The van der Waals surface area contributed by atoms with E-state index in [0.29, 0.717) is 0 Å². The summed E-state index contributed by atoms with van der Waals surface area (Å²) in [7, 11) is 0. The molecule has 0 aromatic carbocycles. The normalized spacial score (nSPS) is 1.50. The Labute approximate surface area is 22.9 Å². The van der Waals surface area contributed by atoms with E-state index in [1.807, 2.05) is 0 Å². The Morgan fingerprint density at radius 1 is 0.750 bits per heavy atom. The Morgan fingerprint density at radius 2 is 0.750 bits per heavy atom. The lowest BCUT2D eigenvalue weighted by Crippen LogP contribution is -1.29. The summed E-state index contributed by atoms with van der Waals surface area (Å²) in [6.45, 7) is 0. The molecule has 0 aromatic rings. The van der Waals surface area contributed by atoms with Crippen molar-refractivity contribution in [2.24, 2.45) is 0 Å². The van der Waals surface area contributed by atoms with Gasteiger partial charge in [0.15, 0.2) is 0 Å². The van der Waals surface area contributed by atoms with Crippen LogP contribution in [0, 0.1) is 0 Å². The Bertz CT molecular complexity index is 0. The second kappa shape index (κ2) is 376. The van der Waals surface area contributed by atoms with Crippen LogP contribution >= 0.6 is 0 Å². The molecule has 0 aromatic heterocycles. The Hall–Kier alpha value is -0.160. The number of hydrogen-bond donors (Lipinski definition) is 2. The predicted molar refractivity (Wildman–Crippen MR) is 12.5 cm³/mol. The van der Waals surface area contributed by atoms with Crippen LogP contribution in [-0.2, 0) is 0 Å². The van der Waals surface area contributed by atoms with Crippen molar-refractivity contribution >= 4 is 0 Å². The molecule has 0 fully saturated rings. The van der Waals surface area contributed by atoms with E-state index in [9.17, 15) is 0 Å². The highest BCUT2D eigenvalue weighted by atomic mass is 17.0. The van der Waals surface area contributed by atoms with Crippen LogP contribution in [-0.4, -0.2) is 21.5 Å². The van der Waals surface area contributed by atoms with Gasteiger partial charge in [-0.05, 0) is 0 Å². The van der Waals surface area contributed by atoms with E-state index in [1.54, 1.807) is 0 Å². The lowest BCUT2D eigenvalue weighted by atomic mass is 15.0. The molecule has 0 unspecified atom stereocenters. The van der Waals surface area contributed by atoms with Gasteiger partial charge in [-0.1, -0.05) is 0 Å². The summed E-state index contributed by atoms with van der Waals surface area (Å²) in [6.07, 6.45) is 0. The first kappa shape index (κ1) is 43.9. The summed E-state index contributed by atoms with van der Waals surface area (Å²) in [5.74, 6) is 0. The van der Waals surface area contributed by atoms with Gasteiger partial charge in [0.25, 0.3) is 0 Å². The number of rotatable bonds is 0. The fourth-order valence-corrected chi connectivity index (χ4v) is 0. The Balaban J connectivity index is -0.00000000500. The summed E-state index contributed by atoms with van der Waals surface area (Å²) in [4.78, 5) is 0. The van der Waals surface area contributed by atoms with Gasteiger partial charge in [-0.2, -0.15) is 0 Å². The molecule has 0 saturated carbocycles. The Morgan fingerprint density at radius 3 is 0.750 bits per heavy atom. The minimum atomic E-state index is 0. The molecule has 6 N–H and O–H groups in total. The second-order valence-electron chi connectivity index (χ2n) is 0. The first-order chi connectivity index (χ1) is 1.00. The molecule has 0 spiro atoms. The van der Waals surface area contributed by atoms with Gasteiger partial charge in [-0.15, -0.1) is 0 Å². The van der Waals surface area contributed by atoms with Crippen molar-refractivity contribution in [3.8, 4) is 0 Å². The fraction of sp³-hybridized carbons (Fsp3) is 0. The van der Waals surface area contributed by atoms with Crippen LogP contribution in [0.5, 0.6) is 0 Å². The SMILES string of the molecule is O.O.OO. The van der Waals surface area contributed by atoms with Gasteiger partial charge in [0, 0.05) is 0 Å². The van der Waals surface area contributed by atoms with Crippen molar-refractivity contribution in [3.63, 3.8) is 0 Å². The van der Waals surface area contributed by atoms with Crippen LogP contribution in [0.1, 0.15) is 0 Å². The molecule has 30 valence electrons. The fourth-order valence-electron chi connectivity index (χ4n) is 0. The van der Waals surface area contributed by atoms with Gasteiger partial charge >= 0.3 is 0 Å². The molecule has 4 heavy (non-hydrogen) atoms. The van der Waals surface area contributed by atoms with Crippen LogP contribution in [0.4, 0.5) is 0 Å². The molecular weight excluding hydrogens is 64.0 g/mol. The highest BCUT2D eigenvalue weighted by Crippen LogP contribution is 0.711. The van der Waals surface area contributed by atoms with E-state index < -0.39 is 0 Å². The predicted octanol–water partition coefficient (Wildman–Crippen LogP) is -1.63. The zero-order valence-corrected chi connectivity index (χ0v) is 1.89. The summed E-state index contributed by atoms with van der Waals surface area (Å²) in [5.41, 5.74) is 0. The molecule has 0 atom stereocenters. The van der Waals surface area contributed by atoms with Crippen LogP contribution in [0.15, 0.2) is 0 Å². The summed E-state index contributed by atoms with van der Waals surface area (Å²) < 4.78 is 0. The smallest absolute Gasteiger partial charge is 0.255 e. The average Bonchev–Trinajstić information content (AvgIpc) is 1.00. The van der Waals surface area contributed by atoms with Gasteiger partial charge in [0.2, 0.25) is 0 Å². The second-order valence-corrected chi connectivity index (χ2v) is 0. The topological polar surface area (TPSA) is 103 Å². The zero-order chi connectivity index (χ0) is 2.00. The molecule has 0 aliphatic heterocycles. The molecular formula is H6O4. The van der Waals surface area contributed by atoms with Gasteiger partial charge in [0.1, 0.15) is 0 Å². The maximum absolute atomic E-state index is 6.00. The summed E-state index contributed by atoms with van der Waals surface area (Å²) >= 11 is 0. The maximum Gasteiger partial charge on any atom is -0.255 e. The largest absolute Gasteiger partial charge is 0.412 e. The van der Waals surface area contributed by atoms with E-state index in [2.05, 4.69) is 0 Å². The average molecular weight is 70.0 g/mol. The van der Waals surface area contributed by atoms with Crippen molar-refractivity contribution in [1.29, 1.82) is 0 Å². The van der Waals surface area contributed by atoms with E-state index in [4.69, 9.17) is 10.5 Å². The third-order valence-electron chi connectivity index (χ3n) is 0.